The fourth-order valence-corrected chi connectivity index (χ4v) is 9.13. The Kier molecular flexibility index (Phi) is 11.4. The molecule has 4 bridgehead atoms. The number of hydrogen-bond donors (Lipinski definition) is 1. The van der Waals surface area contributed by atoms with Crippen LogP contribution in [0.15, 0.2) is 168 Å². The second-order valence-corrected chi connectivity index (χ2v) is 14.9. The molecule has 1 saturated heterocycles. The second kappa shape index (κ2) is 17.2. The number of aromatic nitrogens is 2. The molecule has 0 spiro atoms. The highest BCUT2D eigenvalue weighted by Crippen LogP contribution is 2.50. The van der Waals surface area contributed by atoms with E-state index in [1.54, 1.807) is 12.1 Å². The molecule has 6 heteroatoms. The number of nitrogens with zero attached hydrogens (tertiary/aromatic N) is 2. The fourth-order valence-electron chi connectivity index (χ4n) is 9.13. The van der Waals surface area contributed by atoms with Crippen LogP contribution in [0.1, 0.15) is 79.6 Å². The molecule has 4 aliphatic rings. The number of hydrogen-bond acceptors (Lipinski definition) is 4. The van der Waals surface area contributed by atoms with Gasteiger partial charge in [-0.25, -0.2) is 9.88 Å². The topological polar surface area (TPSA) is 83.1 Å². The van der Waals surface area contributed by atoms with Crippen LogP contribution in [0, 0.1) is 12.8 Å². The quantitative estimate of drug-likeness (QED) is 0.143. The van der Waals surface area contributed by atoms with Gasteiger partial charge in [-0.2, -0.15) is 0 Å². The first kappa shape index (κ1) is 40.6. The van der Waals surface area contributed by atoms with Crippen molar-refractivity contribution >= 4 is 51.7 Å². The minimum atomic E-state index is -0.326. The highest BCUT2D eigenvalue weighted by Gasteiger charge is 2.40. The number of carbonyl (C=O) groups is 3. The van der Waals surface area contributed by atoms with Crippen molar-refractivity contribution in [2.75, 3.05) is 4.90 Å². The molecule has 0 saturated carbocycles. The lowest BCUT2D eigenvalue weighted by atomic mass is 9.73. The van der Waals surface area contributed by atoms with Crippen LogP contribution in [0.4, 0.5) is 5.69 Å². The number of piperidine rings is 1. The van der Waals surface area contributed by atoms with Crippen molar-refractivity contribution in [2.24, 2.45) is 5.92 Å². The molecule has 3 aliphatic carbocycles. The van der Waals surface area contributed by atoms with E-state index in [2.05, 4.69) is 84.8 Å². The minimum Gasteiger partial charge on any atom is -0.338 e. The van der Waals surface area contributed by atoms with E-state index in [-0.39, 0.29) is 23.7 Å². The van der Waals surface area contributed by atoms with Crippen LogP contribution in [-0.2, 0) is 9.59 Å². The molecule has 2 atom stereocenters. The Morgan fingerprint density at radius 3 is 2.21 bits per heavy atom. The largest absolute Gasteiger partial charge is 0.338 e. The number of nitrogens with one attached hydrogen (secondary N) is 1. The van der Waals surface area contributed by atoms with Crippen LogP contribution in [-0.4, -0.2) is 28.1 Å². The van der Waals surface area contributed by atoms with Gasteiger partial charge in [0.25, 0.3) is 11.8 Å². The Labute approximate surface area is 357 Å². The maximum Gasteiger partial charge on any atom is 0.265 e. The van der Waals surface area contributed by atoms with Crippen LogP contribution < -0.4 is 4.90 Å². The number of aldehydes is 1. The minimum absolute atomic E-state index is 0.103. The third-order valence-electron chi connectivity index (χ3n) is 11.9. The monoisotopic (exact) mass is 799 g/mol. The van der Waals surface area contributed by atoms with Gasteiger partial charge in [-0.15, -0.1) is 0 Å². The van der Waals surface area contributed by atoms with E-state index in [1.807, 2.05) is 101 Å². The van der Waals surface area contributed by atoms with Crippen molar-refractivity contribution in [2.45, 2.75) is 53.9 Å². The molecule has 2 unspecified atom stereocenters. The molecule has 2 amide bonds. The lowest BCUT2D eigenvalue weighted by Crippen LogP contribution is -2.44. The van der Waals surface area contributed by atoms with Crippen molar-refractivity contribution in [3.05, 3.63) is 196 Å². The van der Waals surface area contributed by atoms with Gasteiger partial charge in [0.05, 0.1) is 16.7 Å². The smallest absolute Gasteiger partial charge is 0.265 e. The lowest BCUT2D eigenvalue weighted by molar-refractivity contribution is -0.123. The van der Waals surface area contributed by atoms with Gasteiger partial charge in [0.1, 0.15) is 5.82 Å². The van der Waals surface area contributed by atoms with E-state index in [1.165, 1.54) is 10.5 Å². The van der Waals surface area contributed by atoms with Gasteiger partial charge in [-0.05, 0) is 94.9 Å². The van der Waals surface area contributed by atoms with Gasteiger partial charge in [0, 0.05) is 39.5 Å². The average molecular weight is 800 g/mol. The van der Waals surface area contributed by atoms with E-state index < -0.39 is 0 Å². The van der Waals surface area contributed by atoms with E-state index in [0.29, 0.717) is 34.4 Å². The summed E-state index contributed by atoms with van der Waals surface area (Å²) in [6.07, 6.45) is 22.0. The number of imide groups is 1. The van der Waals surface area contributed by atoms with Gasteiger partial charge >= 0.3 is 0 Å². The third-order valence-corrected chi connectivity index (χ3v) is 11.9. The Morgan fingerprint density at radius 1 is 0.721 bits per heavy atom. The molecule has 0 radical (unpaired) electrons. The van der Waals surface area contributed by atoms with Crippen molar-refractivity contribution in [3.8, 4) is 22.5 Å². The molecule has 1 aromatic heterocycles. The number of imidazole rings is 1. The van der Waals surface area contributed by atoms with Crippen LogP contribution in [0.2, 0.25) is 0 Å². The number of rotatable bonds is 3. The summed E-state index contributed by atoms with van der Waals surface area (Å²) in [5.41, 5.74) is 13.4. The Balaban J connectivity index is 0.00000125. The molecule has 10 rings (SSSR count). The first-order chi connectivity index (χ1) is 29.9. The first-order valence-electron chi connectivity index (χ1n) is 21.3. The predicted octanol–water partition coefficient (Wildman–Crippen LogP) is 13.1. The number of amides is 2. The van der Waals surface area contributed by atoms with Crippen LogP contribution in [0.25, 0.3) is 50.4 Å². The maximum atomic E-state index is 14.3. The second-order valence-electron chi connectivity index (χ2n) is 14.9. The number of anilines is 1. The summed E-state index contributed by atoms with van der Waals surface area (Å²) in [5, 5.41) is 1.95. The summed E-state index contributed by atoms with van der Waals surface area (Å²) in [4.78, 5) is 50.8. The number of benzene rings is 5. The number of fused-ring (bicyclic) bond motifs is 5. The van der Waals surface area contributed by atoms with Crippen molar-refractivity contribution in [1.29, 1.82) is 0 Å². The fraction of sp³-hybridized carbons (Fsp3) is 0.164. The number of carbonyl (C=O) groups excluding carboxylic acids is 3. The molecular weight excluding hydrogens is 751 g/mol. The maximum absolute atomic E-state index is 14.3. The molecule has 1 fully saturated rings. The van der Waals surface area contributed by atoms with Crippen molar-refractivity contribution in [1.82, 2.24) is 9.97 Å². The van der Waals surface area contributed by atoms with Gasteiger partial charge in [0.2, 0.25) is 0 Å². The van der Waals surface area contributed by atoms with E-state index in [0.717, 1.165) is 72.9 Å². The van der Waals surface area contributed by atoms with Crippen molar-refractivity contribution < 1.29 is 14.4 Å². The number of para-hydroxylation sites is 3. The highest BCUT2D eigenvalue weighted by molar-refractivity contribution is 6.33. The van der Waals surface area contributed by atoms with Crippen LogP contribution in [0.3, 0.4) is 0 Å². The molecule has 61 heavy (non-hydrogen) atoms. The highest BCUT2D eigenvalue weighted by atomic mass is 16.2. The summed E-state index contributed by atoms with van der Waals surface area (Å²) in [7, 11) is 0. The van der Waals surface area contributed by atoms with Crippen molar-refractivity contribution in [3.63, 3.8) is 0 Å². The number of allylic oxidation sites excluding steroid dienone is 10. The molecule has 1 aliphatic heterocycles. The molecule has 1 N–H and O–H groups in total. The predicted molar refractivity (Wildman–Crippen MR) is 251 cm³/mol. The summed E-state index contributed by atoms with van der Waals surface area (Å²) < 4.78 is 0. The van der Waals surface area contributed by atoms with Gasteiger partial charge in [0.15, 0.2) is 6.29 Å². The molecular formula is C55H49N3O3. The third kappa shape index (κ3) is 6.88. The van der Waals surface area contributed by atoms with E-state index in [4.69, 9.17) is 4.98 Å². The zero-order chi connectivity index (χ0) is 42.8. The summed E-state index contributed by atoms with van der Waals surface area (Å²) in [6.45, 7) is 12.2. The summed E-state index contributed by atoms with van der Waals surface area (Å²) in [5.74, 6) is -0.167. The van der Waals surface area contributed by atoms with Crippen LogP contribution in [0.5, 0.6) is 0 Å². The number of aromatic amines is 1. The average Bonchev–Trinajstić information content (AvgIpc) is 3.66. The molecule has 2 heterocycles. The zero-order valence-electron chi connectivity index (χ0n) is 35.5. The molecule has 302 valence electrons. The molecule has 6 nitrogen and oxygen atoms in total. The van der Waals surface area contributed by atoms with E-state index in [9.17, 15) is 14.4 Å². The SMILES string of the molecule is CC.CC.CC1=C2C3=CC=CC1/C=C/C=CC1c4c(ccc(c4C)/C=C/CC=C2C(=O)N(c2ccccc2)C3=O)-c2ccc(C=O)c3c(-c4nc5ccccc5[nH]4)ccc1c23. The van der Waals surface area contributed by atoms with Gasteiger partial charge in [-0.3, -0.25) is 14.4 Å². The first-order valence-corrected chi connectivity index (χ1v) is 21.3. The Morgan fingerprint density at radius 2 is 1.43 bits per heavy atom. The summed E-state index contributed by atoms with van der Waals surface area (Å²) in [6, 6.07) is 29.8. The molecule has 6 aromatic rings. The standard InChI is InChI=1S/C51H37N3O3.2C2H6/c1-30-32-13-6-8-18-36-39-27-28-40(49-52-43-21-10-11-22-44(43)53-49)47-34(29-55)24-26-38(48(39)47)37-25-23-33(31(2)45(36)37)14-7-9-19-41-46(30)42(20-12-15-32)51(57)54(50(41)56)35-16-4-3-5-17-35;2*1-2/h3-8,10-29,32,36H,9H2,1-2H3,(H,52,53);2*1-2H3/b13-6+,14-7+,18-8?,41-19?;;. The normalized spacial score (nSPS) is 18.6. The Hall–Kier alpha value is -7.18. The zero-order valence-corrected chi connectivity index (χ0v) is 35.5. The van der Waals surface area contributed by atoms with Crippen LogP contribution >= 0.6 is 0 Å². The lowest BCUT2D eigenvalue weighted by Gasteiger charge is -2.32. The summed E-state index contributed by atoms with van der Waals surface area (Å²) >= 11 is 0. The van der Waals surface area contributed by atoms with Gasteiger partial charge in [-0.1, -0.05) is 155 Å². The Bertz CT molecular complexity index is 2930. The number of H-pyrrole nitrogens is 1. The van der Waals surface area contributed by atoms with E-state index >= 15 is 0 Å². The molecule has 5 aromatic carbocycles. The van der Waals surface area contributed by atoms with Gasteiger partial charge < -0.3 is 4.98 Å².